The van der Waals surface area contributed by atoms with E-state index in [2.05, 4.69) is 36.5 Å². The largest absolute Gasteiger partial charge is 0.355 e. The summed E-state index contributed by atoms with van der Waals surface area (Å²) in [7, 11) is 0. The van der Waals surface area contributed by atoms with Gasteiger partial charge in [0.2, 0.25) is 5.91 Å². The molecule has 0 aliphatic heterocycles. The predicted octanol–water partition coefficient (Wildman–Crippen LogP) is 1.26. The highest BCUT2D eigenvalue weighted by Crippen LogP contribution is 2.07. The molecule has 0 aliphatic carbocycles. The van der Waals surface area contributed by atoms with Crippen molar-refractivity contribution in [2.24, 2.45) is 5.73 Å². The van der Waals surface area contributed by atoms with Gasteiger partial charge in [-0.3, -0.25) is 4.79 Å². The topological polar surface area (TPSA) is 55.1 Å². The van der Waals surface area contributed by atoms with Crippen molar-refractivity contribution in [2.45, 2.75) is 26.2 Å². The van der Waals surface area contributed by atoms with E-state index in [1.54, 1.807) is 0 Å². The van der Waals surface area contributed by atoms with Gasteiger partial charge in [0.15, 0.2) is 0 Å². The van der Waals surface area contributed by atoms with Crippen molar-refractivity contribution >= 4 is 5.91 Å². The second-order valence-electron chi connectivity index (χ2n) is 3.81. The smallest absolute Gasteiger partial charge is 0.220 e. The minimum atomic E-state index is 0.0741. The fourth-order valence-corrected chi connectivity index (χ4v) is 1.50. The minimum absolute atomic E-state index is 0.0741. The number of rotatable bonds is 6. The van der Waals surface area contributed by atoms with Crippen molar-refractivity contribution in [1.82, 2.24) is 5.32 Å². The monoisotopic (exact) mass is 220 g/mol. The number of carbonyl (C=O) groups excluding carboxylic acids is 1. The Kier molecular flexibility index (Phi) is 5.57. The van der Waals surface area contributed by atoms with E-state index in [4.69, 9.17) is 5.73 Å². The highest BCUT2D eigenvalue weighted by molar-refractivity contribution is 5.76. The fraction of sp³-hybridized carbons (Fsp3) is 0.462. The van der Waals surface area contributed by atoms with Gasteiger partial charge in [0.1, 0.15) is 0 Å². The molecular weight excluding hydrogens is 200 g/mol. The van der Waals surface area contributed by atoms with Crippen molar-refractivity contribution in [2.75, 3.05) is 13.1 Å². The van der Waals surface area contributed by atoms with Crippen molar-refractivity contribution in [3.05, 3.63) is 35.4 Å². The number of hydrogen-bond acceptors (Lipinski definition) is 2. The Labute approximate surface area is 97.0 Å². The van der Waals surface area contributed by atoms with E-state index in [0.717, 1.165) is 12.8 Å². The molecule has 0 fully saturated rings. The van der Waals surface area contributed by atoms with Crippen LogP contribution in [-0.4, -0.2) is 19.0 Å². The maximum Gasteiger partial charge on any atom is 0.220 e. The van der Waals surface area contributed by atoms with Crippen LogP contribution in [0.15, 0.2) is 24.3 Å². The normalized spacial score (nSPS) is 10.1. The molecule has 1 amide bonds. The van der Waals surface area contributed by atoms with Crippen molar-refractivity contribution in [3.8, 4) is 0 Å². The molecule has 3 nitrogen and oxygen atoms in total. The number of carbonyl (C=O) groups is 1. The molecule has 1 aromatic rings. The van der Waals surface area contributed by atoms with Crippen molar-refractivity contribution in [1.29, 1.82) is 0 Å². The highest BCUT2D eigenvalue weighted by Gasteiger charge is 2.01. The standard InChI is InChI=1S/C13H20N2O/c1-2-11-3-5-12(6-4-11)7-8-13(16)15-10-9-14/h3-6H,2,7-10,14H2,1H3,(H,15,16). The molecule has 0 bridgehead atoms. The lowest BCUT2D eigenvalue weighted by atomic mass is 10.1. The zero-order valence-electron chi connectivity index (χ0n) is 9.83. The van der Waals surface area contributed by atoms with Crippen LogP contribution in [0.4, 0.5) is 0 Å². The summed E-state index contributed by atoms with van der Waals surface area (Å²) in [6.45, 7) is 3.19. The maximum absolute atomic E-state index is 11.3. The zero-order chi connectivity index (χ0) is 11.8. The number of nitrogens with two attached hydrogens (primary N) is 1. The molecule has 3 N–H and O–H groups in total. The molecule has 0 heterocycles. The van der Waals surface area contributed by atoms with Gasteiger partial charge in [-0.25, -0.2) is 0 Å². The summed E-state index contributed by atoms with van der Waals surface area (Å²) < 4.78 is 0. The Hall–Kier alpha value is -1.35. The van der Waals surface area contributed by atoms with Gasteiger partial charge in [-0.1, -0.05) is 31.2 Å². The lowest BCUT2D eigenvalue weighted by molar-refractivity contribution is -0.120. The van der Waals surface area contributed by atoms with Crippen LogP contribution in [0.1, 0.15) is 24.5 Å². The van der Waals surface area contributed by atoms with Gasteiger partial charge < -0.3 is 11.1 Å². The van der Waals surface area contributed by atoms with Crippen molar-refractivity contribution in [3.63, 3.8) is 0 Å². The number of benzene rings is 1. The number of aryl methyl sites for hydroxylation is 2. The van der Waals surface area contributed by atoms with Crippen LogP contribution < -0.4 is 11.1 Å². The lowest BCUT2D eigenvalue weighted by Crippen LogP contribution is -2.29. The van der Waals surface area contributed by atoms with Crippen LogP contribution in [0.25, 0.3) is 0 Å². The molecule has 0 aromatic heterocycles. The van der Waals surface area contributed by atoms with Gasteiger partial charge in [-0.15, -0.1) is 0 Å². The molecule has 0 atom stereocenters. The Bertz CT molecular complexity index is 319. The van der Waals surface area contributed by atoms with Crippen LogP contribution in [0.2, 0.25) is 0 Å². The molecule has 0 saturated heterocycles. The number of hydrogen-bond donors (Lipinski definition) is 2. The molecule has 0 spiro atoms. The van der Waals surface area contributed by atoms with Crippen molar-refractivity contribution < 1.29 is 4.79 Å². The van der Waals surface area contributed by atoms with E-state index < -0.39 is 0 Å². The summed E-state index contributed by atoms with van der Waals surface area (Å²) in [4.78, 5) is 11.3. The molecule has 0 saturated carbocycles. The van der Waals surface area contributed by atoms with Crippen LogP contribution in [-0.2, 0) is 17.6 Å². The molecule has 88 valence electrons. The van der Waals surface area contributed by atoms with E-state index in [0.29, 0.717) is 19.5 Å². The van der Waals surface area contributed by atoms with Gasteiger partial charge in [0.25, 0.3) is 0 Å². The Morgan fingerprint density at radius 1 is 1.25 bits per heavy atom. The first-order valence-corrected chi connectivity index (χ1v) is 5.81. The Balaban J connectivity index is 2.33. The second kappa shape index (κ2) is 7.01. The second-order valence-corrected chi connectivity index (χ2v) is 3.81. The summed E-state index contributed by atoms with van der Waals surface area (Å²) in [6.07, 6.45) is 2.38. The van der Waals surface area contributed by atoms with Gasteiger partial charge >= 0.3 is 0 Å². The van der Waals surface area contributed by atoms with Crippen LogP contribution in [0, 0.1) is 0 Å². The fourth-order valence-electron chi connectivity index (χ4n) is 1.50. The molecule has 16 heavy (non-hydrogen) atoms. The molecule has 1 aromatic carbocycles. The third kappa shape index (κ3) is 4.45. The summed E-state index contributed by atoms with van der Waals surface area (Å²) in [5.41, 5.74) is 7.84. The SMILES string of the molecule is CCc1ccc(CCC(=O)NCCN)cc1. The molecule has 3 heteroatoms. The zero-order valence-corrected chi connectivity index (χ0v) is 9.83. The van der Waals surface area contributed by atoms with E-state index in [-0.39, 0.29) is 5.91 Å². The van der Waals surface area contributed by atoms with E-state index in [1.807, 2.05) is 0 Å². The first kappa shape index (κ1) is 12.7. The van der Waals surface area contributed by atoms with Crippen LogP contribution in [0.3, 0.4) is 0 Å². The van der Waals surface area contributed by atoms with E-state index in [9.17, 15) is 4.79 Å². The maximum atomic E-state index is 11.3. The number of nitrogens with one attached hydrogen (secondary N) is 1. The first-order valence-electron chi connectivity index (χ1n) is 5.81. The quantitative estimate of drug-likeness (QED) is 0.758. The molecule has 0 aliphatic rings. The summed E-state index contributed by atoms with van der Waals surface area (Å²) >= 11 is 0. The van der Waals surface area contributed by atoms with Crippen LogP contribution >= 0.6 is 0 Å². The number of amides is 1. The van der Waals surface area contributed by atoms with Gasteiger partial charge in [-0.05, 0) is 24.0 Å². The van der Waals surface area contributed by atoms with Gasteiger partial charge in [-0.2, -0.15) is 0 Å². The Morgan fingerprint density at radius 3 is 2.44 bits per heavy atom. The summed E-state index contributed by atoms with van der Waals surface area (Å²) in [5, 5.41) is 2.76. The van der Waals surface area contributed by atoms with E-state index in [1.165, 1.54) is 11.1 Å². The van der Waals surface area contributed by atoms with Crippen LogP contribution in [0.5, 0.6) is 0 Å². The third-order valence-corrected chi connectivity index (χ3v) is 2.54. The summed E-state index contributed by atoms with van der Waals surface area (Å²) in [5.74, 6) is 0.0741. The molecular formula is C13H20N2O. The lowest BCUT2D eigenvalue weighted by Gasteiger charge is -2.04. The van der Waals surface area contributed by atoms with Gasteiger partial charge in [0.05, 0.1) is 0 Å². The highest BCUT2D eigenvalue weighted by atomic mass is 16.1. The Morgan fingerprint density at radius 2 is 1.88 bits per heavy atom. The average molecular weight is 220 g/mol. The molecule has 0 unspecified atom stereocenters. The predicted molar refractivity (Wildman–Crippen MR) is 66.2 cm³/mol. The van der Waals surface area contributed by atoms with E-state index >= 15 is 0 Å². The minimum Gasteiger partial charge on any atom is -0.355 e. The molecule has 1 rings (SSSR count). The van der Waals surface area contributed by atoms with Gasteiger partial charge in [0, 0.05) is 19.5 Å². The third-order valence-electron chi connectivity index (χ3n) is 2.54. The molecule has 0 radical (unpaired) electrons. The first-order chi connectivity index (χ1) is 7.76. The summed E-state index contributed by atoms with van der Waals surface area (Å²) in [6, 6.07) is 8.42. The average Bonchev–Trinajstić information content (AvgIpc) is 2.34.